The lowest BCUT2D eigenvalue weighted by molar-refractivity contribution is 0.167. The smallest absolute Gasteiger partial charge is 0.317 e. The van der Waals surface area contributed by atoms with Crippen LogP contribution in [0.5, 0.6) is 11.5 Å². The molecule has 2 aromatic carbocycles. The number of nitrogens with one attached hydrogen (secondary N) is 1. The number of anilines is 1. The number of ether oxygens (including phenoxy) is 2. The Morgan fingerprint density at radius 2 is 1.52 bits per heavy atom. The number of hydrogen-bond donors (Lipinski definition) is 1. The molecule has 1 aliphatic heterocycles. The number of rotatable bonds is 7. The summed E-state index contributed by atoms with van der Waals surface area (Å²) >= 11 is 0. The van der Waals surface area contributed by atoms with Gasteiger partial charge in [0.05, 0.1) is 25.2 Å². The molecule has 1 N–H and O–H groups in total. The third-order valence-electron chi connectivity index (χ3n) is 5.31. The van der Waals surface area contributed by atoms with E-state index in [0.717, 1.165) is 30.2 Å². The Kier molecular flexibility index (Phi) is 5.51. The van der Waals surface area contributed by atoms with Crippen molar-refractivity contribution in [3.8, 4) is 11.5 Å². The standard InChI is InChI=1S/C23H29N3O3/c1-16(24-23(27)25(2)3)17-4-8-19(9-5-17)29-22-14-26(15-22)18-6-10-20(11-7-18)28-21-12-13-21/h4-11,16,21-22H,12-15H2,1-3H3,(H,24,27)/t16-/m0/s1. The molecule has 29 heavy (non-hydrogen) atoms. The summed E-state index contributed by atoms with van der Waals surface area (Å²) in [7, 11) is 3.47. The summed E-state index contributed by atoms with van der Waals surface area (Å²) in [6, 6.07) is 16.1. The average molecular weight is 396 g/mol. The molecule has 1 atom stereocenters. The minimum absolute atomic E-state index is 0.0509. The molecule has 1 saturated carbocycles. The molecule has 6 nitrogen and oxygen atoms in total. The summed E-state index contributed by atoms with van der Waals surface area (Å²) in [5, 5.41) is 2.95. The van der Waals surface area contributed by atoms with Gasteiger partial charge in [-0.1, -0.05) is 12.1 Å². The van der Waals surface area contributed by atoms with Gasteiger partial charge in [-0.3, -0.25) is 0 Å². The first-order valence-electron chi connectivity index (χ1n) is 10.2. The molecule has 0 radical (unpaired) electrons. The predicted molar refractivity (Wildman–Crippen MR) is 114 cm³/mol. The second-order valence-electron chi connectivity index (χ2n) is 8.09. The van der Waals surface area contributed by atoms with E-state index in [9.17, 15) is 4.79 Å². The molecule has 6 heteroatoms. The van der Waals surface area contributed by atoms with Crippen molar-refractivity contribution in [2.45, 2.75) is 38.0 Å². The molecule has 4 rings (SSSR count). The van der Waals surface area contributed by atoms with Crippen molar-refractivity contribution in [3.63, 3.8) is 0 Å². The van der Waals surface area contributed by atoms with Gasteiger partial charge >= 0.3 is 6.03 Å². The summed E-state index contributed by atoms with van der Waals surface area (Å²) in [6.45, 7) is 3.72. The fourth-order valence-corrected chi connectivity index (χ4v) is 3.26. The molecule has 2 amide bonds. The van der Waals surface area contributed by atoms with E-state index in [1.165, 1.54) is 23.4 Å². The fraction of sp³-hybridized carbons (Fsp3) is 0.435. The van der Waals surface area contributed by atoms with E-state index >= 15 is 0 Å². The van der Waals surface area contributed by atoms with Gasteiger partial charge in [-0.25, -0.2) is 4.79 Å². The molecule has 1 aliphatic carbocycles. The van der Waals surface area contributed by atoms with Crippen LogP contribution in [0.15, 0.2) is 48.5 Å². The number of urea groups is 1. The maximum absolute atomic E-state index is 11.8. The maximum Gasteiger partial charge on any atom is 0.317 e. The van der Waals surface area contributed by atoms with E-state index in [4.69, 9.17) is 9.47 Å². The zero-order valence-electron chi connectivity index (χ0n) is 17.3. The molecule has 0 spiro atoms. The highest BCUT2D eigenvalue weighted by Gasteiger charge is 2.29. The average Bonchev–Trinajstić information content (AvgIpc) is 3.49. The van der Waals surface area contributed by atoms with Crippen molar-refractivity contribution in [2.75, 3.05) is 32.1 Å². The molecular formula is C23H29N3O3. The molecule has 154 valence electrons. The molecule has 2 aliphatic rings. The van der Waals surface area contributed by atoms with E-state index in [-0.39, 0.29) is 18.2 Å². The second kappa shape index (κ2) is 8.23. The Labute approximate surface area is 172 Å². The van der Waals surface area contributed by atoms with Gasteiger partial charge < -0.3 is 24.6 Å². The molecule has 1 heterocycles. The third-order valence-corrected chi connectivity index (χ3v) is 5.31. The minimum Gasteiger partial charge on any atom is -0.490 e. The van der Waals surface area contributed by atoms with Crippen LogP contribution in [0.25, 0.3) is 0 Å². The molecule has 0 aromatic heterocycles. The second-order valence-corrected chi connectivity index (χ2v) is 8.09. The van der Waals surface area contributed by atoms with Gasteiger partial charge in [0, 0.05) is 19.8 Å². The van der Waals surface area contributed by atoms with Crippen LogP contribution in [-0.4, -0.2) is 50.3 Å². The Balaban J connectivity index is 1.24. The zero-order chi connectivity index (χ0) is 20.4. The molecule has 1 saturated heterocycles. The van der Waals surface area contributed by atoms with E-state index in [0.29, 0.717) is 6.10 Å². The zero-order valence-corrected chi connectivity index (χ0v) is 17.3. The highest BCUT2D eigenvalue weighted by atomic mass is 16.5. The lowest BCUT2D eigenvalue weighted by Crippen LogP contribution is -2.54. The molecule has 2 fully saturated rings. The van der Waals surface area contributed by atoms with Gasteiger partial charge in [0.2, 0.25) is 0 Å². The van der Waals surface area contributed by atoms with Gasteiger partial charge in [0.1, 0.15) is 17.6 Å². The number of benzene rings is 2. The Bertz CT molecular complexity index is 825. The lowest BCUT2D eigenvalue weighted by Gasteiger charge is -2.40. The largest absolute Gasteiger partial charge is 0.490 e. The number of nitrogens with zero attached hydrogens (tertiary/aromatic N) is 2. The first-order valence-corrected chi connectivity index (χ1v) is 10.2. The van der Waals surface area contributed by atoms with Gasteiger partial charge in [0.15, 0.2) is 0 Å². The number of amides is 2. The van der Waals surface area contributed by atoms with Crippen LogP contribution in [0.4, 0.5) is 10.5 Å². The highest BCUT2D eigenvalue weighted by Crippen LogP contribution is 2.30. The summed E-state index contributed by atoms with van der Waals surface area (Å²) in [6.07, 6.45) is 2.98. The van der Waals surface area contributed by atoms with Crippen molar-refractivity contribution >= 4 is 11.7 Å². The summed E-state index contributed by atoms with van der Waals surface area (Å²) in [4.78, 5) is 15.6. The first-order chi connectivity index (χ1) is 14.0. The van der Waals surface area contributed by atoms with Crippen LogP contribution < -0.4 is 19.7 Å². The Morgan fingerprint density at radius 3 is 2.07 bits per heavy atom. The molecule has 2 aromatic rings. The number of carbonyl (C=O) groups excluding carboxylic acids is 1. The monoisotopic (exact) mass is 395 g/mol. The minimum atomic E-state index is -0.0977. The van der Waals surface area contributed by atoms with E-state index < -0.39 is 0 Å². The van der Waals surface area contributed by atoms with Gasteiger partial charge in [-0.2, -0.15) is 0 Å². The van der Waals surface area contributed by atoms with E-state index in [1.807, 2.05) is 31.2 Å². The van der Waals surface area contributed by atoms with Crippen molar-refractivity contribution in [1.82, 2.24) is 10.2 Å². The topological polar surface area (TPSA) is 54.0 Å². The summed E-state index contributed by atoms with van der Waals surface area (Å²) in [5.74, 6) is 1.82. The summed E-state index contributed by atoms with van der Waals surface area (Å²) in [5.41, 5.74) is 2.25. The lowest BCUT2D eigenvalue weighted by atomic mass is 10.1. The third kappa shape index (κ3) is 4.94. The maximum atomic E-state index is 11.8. The van der Waals surface area contributed by atoms with Crippen molar-refractivity contribution < 1.29 is 14.3 Å². The van der Waals surface area contributed by atoms with Crippen molar-refractivity contribution in [3.05, 3.63) is 54.1 Å². The van der Waals surface area contributed by atoms with Crippen LogP contribution in [0.2, 0.25) is 0 Å². The predicted octanol–water partition coefficient (Wildman–Crippen LogP) is 3.83. The highest BCUT2D eigenvalue weighted by molar-refractivity contribution is 5.74. The molecule has 0 unspecified atom stereocenters. The Morgan fingerprint density at radius 1 is 0.966 bits per heavy atom. The number of hydrogen-bond acceptors (Lipinski definition) is 4. The first kappa shape index (κ1) is 19.4. The van der Waals surface area contributed by atoms with E-state index in [1.54, 1.807) is 14.1 Å². The van der Waals surface area contributed by atoms with Crippen LogP contribution in [0, 0.1) is 0 Å². The van der Waals surface area contributed by atoms with Gasteiger partial charge in [-0.05, 0) is 61.7 Å². The quantitative estimate of drug-likeness (QED) is 0.774. The Hall–Kier alpha value is -2.89. The molecular weight excluding hydrogens is 366 g/mol. The van der Waals surface area contributed by atoms with Crippen LogP contribution in [0.1, 0.15) is 31.4 Å². The van der Waals surface area contributed by atoms with Gasteiger partial charge in [0.25, 0.3) is 0 Å². The SMILES string of the molecule is C[C@H](NC(=O)N(C)C)c1ccc(OC2CN(c3ccc(OC4CC4)cc3)C2)cc1. The van der Waals surface area contributed by atoms with Crippen molar-refractivity contribution in [2.24, 2.45) is 0 Å². The van der Waals surface area contributed by atoms with Crippen LogP contribution in [-0.2, 0) is 0 Å². The number of carbonyl (C=O) groups is 1. The van der Waals surface area contributed by atoms with E-state index in [2.05, 4.69) is 34.5 Å². The van der Waals surface area contributed by atoms with Crippen molar-refractivity contribution in [1.29, 1.82) is 0 Å². The van der Waals surface area contributed by atoms with Crippen LogP contribution >= 0.6 is 0 Å². The fourth-order valence-electron chi connectivity index (χ4n) is 3.26. The molecule has 0 bridgehead atoms. The van der Waals surface area contributed by atoms with Gasteiger partial charge in [-0.15, -0.1) is 0 Å². The normalized spacial score (nSPS) is 17.3. The summed E-state index contributed by atoms with van der Waals surface area (Å²) < 4.78 is 11.9. The van der Waals surface area contributed by atoms with Crippen LogP contribution in [0.3, 0.4) is 0 Å².